The number of anilines is 1. The number of rotatable bonds is 13. The van der Waals surface area contributed by atoms with Crippen molar-refractivity contribution in [2.45, 2.75) is 57.6 Å². The van der Waals surface area contributed by atoms with Gasteiger partial charge in [-0.15, -0.1) is 0 Å². The highest BCUT2D eigenvalue weighted by atomic mass is 32.2. The Morgan fingerprint density at radius 1 is 0.844 bits per heavy atom. The normalized spacial score (nSPS) is 12.0. The Morgan fingerprint density at radius 3 is 2.16 bits per heavy atom. The average molecular weight is 628 g/mol. The number of hydrogen-bond donors (Lipinski definition) is 1. The summed E-state index contributed by atoms with van der Waals surface area (Å²) in [5.41, 5.74) is 3.86. The lowest BCUT2D eigenvalue weighted by molar-refractivity contribution is -0.140. The molecule has 4 aromatic carbocycles. The van der Waals surface area contributed by atoms with Gasteiger partial charge in [-0.25, -0.2) is 8.42 Å². The molecule has 0 saturated carbocycles. The molecule has 4 aromatic rings. The fourth-order valence-corrected chi connectivity index (χ4v) is 6.44. The van der Waals surface area contributed by atoms with Crippen molar-refractivity contribution in [3.05, 3.63) is 125 Å². The first-order valence-corrected chi connectivity index (χ1v) is 16.4. The summed E-state index contributed by atoms with van der Waals surface area (Å²) in [7, 11) is -2.71. The van der Waals surface area contributed by atoms with E-state index in [0.29, 0.717) is 5.75 Å². The maximum absolute atomic E-state index is 14.6. The summed E-state index contributed by atoms with van der Waals surface area (Å²) in [6, 6.07) is 29.2. The van der Waals surface area contributed by atoms with Crippen LogP contribution in [0.4, 0.5) is 5.69 Å². The van der Waals surface area contributed by atoms with Gasteiger partial charge in [0.25, 0.3) is 10.0 Å². The number of methoxy groups -OCH3 is 1. The van der Waals surface area contributed by atoms with Gasteiger partial charge >= 0.3 is 0 Å². The van der Waals surface area contributed by atoms with Crippen molar-refractivity contribution in [1.82, 2.24) is 10.2 Å². The van der Waals surface area contributed by atoms with Gasteiger partial charge < -0.3 is 15.0 Å². The minimum Gasteiger partial charge on any atom is -0.497 e. The van der Waals surface area contributed by atoms with E-state index in [1.54, 1.807) is 36.4 Å². The van der Waals surface area contributed by atoms with Crippen LogP contribution in [0.15, 0.2) is 108 Å². The first-order valence-electron chi connectivity index (χ1n) is 14.9. The number of carbonyl (C=O) groups is 2. The number of nitrogens with zero attached hydrogens (tertiary/aromatic N) is 2. The van der Waals surface area contributed by atoms with E-state index in [-0.39, 0.29) is 35.5 Å². The Kier molecular flexibility index (Phi) is 11.0. The molecule has 0 unspecified atom stereocenters. The standard InChI is InChI=1S/C36H41N3O5S/c1-26(2)37-36(41)34(22-29-13-7-6-8-14-29)38(24-30-15-10-9-12-28(30)4)35(40)25-39(31-16-11-17-32(23-31)44-5)45(42,43)33-20-18-27(3)19-21-33/h6-21,23,26,34H,22,24-25H2,1-5H3,(H,37,41)/t34-/m1/s1. The van der Waals surface area contributed by atoms with E-state index in [1.165, 1.54) is 24.1 Å². The number of aryl methyl sites for hydroxylation is 2. The molecule has 8 nitrogen and oxygen atoms in total. The first kappa shape index (κ1) is 33.3. The number of sulfonamides is 1. The zero-order chi connectivity index (χ0) is 32.6. The molecule has 0 radical (unpaired) electrons. The number of nitrogens with one attached hydrogen (secondary N) is 1. The van der Waals surface area contributed by atoms with Gasteiger partial charge in [0.05, 0.1) is 17.7 Å². The topological polar surface area (TPSA) is 96.0 Å². The Morgan fingerprint density at radius 2 is 1.51 bits per heavy atom. The van der Waals surface area contributed by atoms with E-state index < -0.39 is 28.5 Å². The number of carbonyl (C=O) groups excluding carboxylic acids is 2. The van der Waals surface area contributed by atoms with Crippen molar-refractivity contribution in [2.24, 2.45) is 0 Å². The van der Waals surface area contributed by atoms with Crippen molar-refractivity contribution in [3.63, 3.8) is 0 Å². The summed E-state index contributed by atoms with van der Waals surface area (Å²) in [4.78, 5) is 29.9. The lowest BCUT2D eigenvalue weighted by Crippen LogP contribution is -2.54. The largest absolute Gasteiger partial charge is 0.497 e. The molecule has 0 bridgehead atoms. The van der Waals surface area contributed by atoms with E-state index in [0.717, 1.165) is 26.6 Å². The molecule has 1 N–H and O–H groups in total. The van der Waals surface area contributed by atoms with E-state index in [1.807, 2.05) is 82.3 Å². The van der Waals surface area contributed by atoms with Crippen LogP contribution < -0.4 is 14.4 Å². The third kappa shape index (κ3) is 8.51. The molecule has 236 valence electrons. The fraction of sp³-hybridized carbons (Fsp3) is 0.278. The van der Waals surface area contributed by atoms with Crippen LogP contribution in [-0.4, -0.2) is 50.9 Å². The molecule has 4 rings (SSSR count). The minimum atomic E-state index is -4.20. The third-order valence-corrected chi connectivity index (χ3v) is 9.32. The van der Waals surface area contributed by atoms with Crippen molar-refractivity contribution in [2.75, 3.05) is 18.0 Å². The number of benzene rings is 4. The minimum absolute atomic E-state index is 0.0487. The second-order valence-corrected chi connectivity index (χ2v) is 13.2. The van der Waals surface area contributed by atoms with Gasteiger partial charge in [-0.2, -0.15) is 0 Å². The van der Waals surface area contributed by atoms with Gasteiger partial charge in [-0.05, 0) is 68.7 Å². The maximum Gasteiger partial charge on any atom is 0.264 e. The quantitative estimate of drug-likeness (QED) is 0.206. The SMILES string of the molecule is COc1cccc(N(CC(=O)N(Cc2ccccc2C)[C@H](Cc2ccccc2)C(=O)NC(C)C)S(=O)(=O)c2ccc(C)cc2)c1. The van der Waals surface area contributed by atoms with Gasteiger partial charge in [0.2, 0.25) is 11.8 Å². The van der Waals surface area contributed by atoms with Crippen molar-refractivity contribution in [3.8, 4) is 5.75 Å². The van der Waals surface area contributed by atoms with E-state index >= 15 is 0 Å². The monoisotopic (exact) mass is 627 g/mol. The van der Waals surface area contributed by atoms with Gasteiger partial charge in [0, 0.05) is 25.1 Å². The molecule has 1 atom stereocenters. The molecule has 9 heteroatoms. The van der Waals surface area contributed by atoms with Gasteiger partial charge in [-0.3, -0.25) is 13.9 Å². The zero-order valence-electron chi connectivity index (χ0n) is 26.4. The van der Waals surface area contributed by atoms with Gasteiger partial charge in [0.1, 0.15) is 18.3 Å². The Bertz CT molecular complexity index is 1710. The van der Waals surface area contributed by atoms with Crippen LogP contribution in [0.2, 0.25) is 0 Å². The highest BCUT2D eigenvalue weighted by molar-refractivity contribution is 7.92. The predicted molar refractivity (Wildman–Crippen MR) is 178 cm³/mol. The second kappa shape index (κ2) is 14.9. The average Bonchev–Trinajstić information content (AvgIpc) is 3.02. The van der Waals surface area contributed by atoms with Crippen molar-refractivity contribution < 1.29 is 22.7 Å². The van der Waals surface area contributed by atoms with Crippen LogP contribution in [0.25, 0.3) is 0 Å². The van der Waals surface area contributed by atoms with E-state index in [9.17, 15) is 18.0 Å². The van der Waals surface area contributed by atoms with Crippen LogP contribution in [0.5, 0.6) is 5.75 Å². The van der Waals surface area contributed by atoms with Gasteiger partial charge in [-0.1, -0.05) is 78.4 Å². The second-order valence-electron chi connectivity index (χ2n) is 11.3. The van der Waals surface area contributed by atoms with Gasteiger partial charge in [0.15, 0.2) is 0 Å². The molecule has 0 aliphatic heterocycles. The highest BCUT2D eigenvalue weighted by Gasteiger charge is 2.35. The summed E-state index contributed by atoms with van der Waals surface area (Å²) in [5.74, 6) is -0.388. The molecular formula is C36H41N3O5S. The molecule has 0 aromatic heterocycles. The molecule has 45 heavy (non-hydrogen) atoms. The molecule has 0 fully saturated rings. The van der Waals surface area contributed by atoms with Crippen LogP contribution >= 0.6 is 0 Å². The molecule has 0 heterocycles. The zero-order valence-corrected chi connectivity index (χ0v) is 27.3. The number of ether oxygens (including phenoxy) is 1. The van der Waals surface area contributed by atoms with Crippen molar-refractivity contribution in [1.29, 1.82) is 0 Å². The lowest BCUT2D eigenvalue weighted by atomic mass is 10.0. The molecule has 0 aliphatic carbocycles. The third-order valence-electron chi connectivity index (χ3n) is 7.53. The first-order chi connectivity index (χ1) is 21.5. The summed E-state index contributed by atoms with van der Waals surface area (Å²) in [6.07, 6.45) is 0.251. The number of amides is 2. The summed E-state index contributed by atoms with van der Waals surface area (Å²) in [6.45, 7) is 7.13. The Labute approximate surface area is 266 Å². The fourth-order valence-electron chi connectivity index (χ4n) is 5.04. The van der Waals surface area contributed by atoms with Crippen molar-refractivity contribution >= 4 is 27.5 Å². The summed E-state index contributed by atoms with van der Waals surface area (Å²) < 4.78 is 34.9. The molecular weight excluding hydrogens is 586 g/mol. The smallest absolute Gasteiger partial charge is 0.264 e. The Balaban J connectivity index is 1.83. The van der Waals surface area contributed by atoms with Crippen LogP contribution in [0, 0.1) is 13.8 Å². The maximum atomic E-state index is 14.6. The van der Waals surface area contributed by atoms with Crippen LogP contribution in [-0.2, 0) is 32.6 Å². The lowest BCUT2D eigenvalue weighted by Gasteiger charge is -2.34. The number of hydrogen-bond acceptors (Lipinski definition) is 5. The predicted octanol–water partition coefficient (Wildman–Crippen LogP) is 5.67. The summed E-state index contributed by atoms with van der Waals surface area (Å²) in [5, 5.41) is 2.98. The highest BCUT2D eigenvalue weighted by Crippen LogP contribution is 2.28. The van der Waals surface area contributed by atoms with Crippen LogP contribution in [0.3, 0.4) is 0 Å². The molecule has 0 aliphatic rings. The molecule has 0 saturated heterocycles. The molecule has 0 spiro atoms. The van der Waals surface area contributed by atoms with E-state index in [2.05, 4.69) is 5.32 Å². The van der Waals surface area contributed by atoms with E-state index in [4.69, 9.17) is 4.74 Å². The van der Waals surface area contributed by atoms with Crippen LogP contribution in [0.1, 0.15) is 36.1 Å². The Hall–Kier alpha value is -4.63. The molecule has 2 amide bonds. The summed E-state index contributed by atoms with van der Waals surface area (Å²) >= 11 is 0.